The largest absolute Gasteiger partial charge is 0.364 e. The average molecular weight is 400 g/mol. The highest BCUT2D eigenvalue weighted by Crippen LogP contribution is 2.29. The van der Waals surface area contributed by atoms with Crippen molar-refractivity contribution in [2.75, 3.05) is 18.0 Å². The van der Waals surface area contributed by atoms with E-state index in [1.54, 1.807) is 18.2 Å². The van der Waals surface area contributed by atoms with Crippen LogP contribution in [0.4, 0.5) is 5.69 Å². The number of benzene rings is 3. The summed E-state index contributed by atoms with van der Waals surface area (Å²) < 4.78 is 0. The minimum absolute atomic E-state index is 0.0927. The molecule has 3 rings (SSSR count). The van der Waals surface area contributed by atoms with Gasteiger partial charge in [0, 0.05) is 18.8 Å². The van der Waals surface area contributed by atoms with Gasteiger partial charge in [0.1, 0.15) is 23.8 Å². The third-order valence-electron chi connectivity index (χ3n) is 4.98. The van der Waals surface area contributed by atoms with E-state index in [1.165, 1.54) is 0 Å². The summed E-state index contributed by atoms with van der Waals surface area (Å²) in [5, 5.41) is 29.5. The van der Waals surface area contributed by atoms with Crippen LogP contribution in [0, 0.1) is 34.0 Å². The Bertz CT molecular complexity index is 1270. The Hall–Kier alpha value is -4.59. The molecular formula is C27H20N4. The fourth-order valence-electron chi connectivity index (χ4n) is 3.44. The Balaban J connectivity index is 1.95. The van der Waals surface area contributed by atoms with E-state index in [2.05, 4.69) is 48.4 Å². The quantitative estimate of drug-likeness (QED) is 0.359. The average Bonchev–Trinajstić information content (AvgIpc) is 2.82. The number of hydrogen-bond donors (Lipinski definition) is 0. The van der Waals surface area contributed by atoms with Crippen LogP contribution in [0.2, 0.25) is 0 Å². The van der Waals surface area contributed by atoms with E-state index in [-0.39, 0.29) is 11.1 Å². The van der Waals surface area contributed by atoms with Crippen molar-refractivity contribution in [3.8, 4) is 29.3 Å². The highest BCUT2D eigenvalue weighted by Gasteiger charge is 2.10. The van der Waals surface area contributed by atoms with Crippen LogP contribution < -0.4 is 4.90 Å². The van der Waals surface area contributed by atoms with Crippen LogP contribution in [0.1, 0.15) is 5.56 Å². The number of nitrogens with zero attached hydrogens (tertiary/aromatic N) is 4. The summed E-state index contributed by atoms with van der Waals surface area (Å²) in [5.74, 6) is 0. The van der Waals surface area contributed by atoms with Gasteiger partial charge in [0.05, 0.1) is 5.57 Å². The smallest absolute Gasteiger partial charge is 0.148 e. The van der Waals surface area contributed by atoms with E-state index in [1.807, 2.05) is 42.5 Å². The molecule has 3 aromatic carbocycles. The number of hydrogen-bond acceptors (Lipinski definition) is 4. The van der Waals surface area contributed by atoms with Gasteiger partial charge in [-0.1, -0.05) is 48.6 Å². The molecule has 0 saturated heterocycles. The Kier molecular flexibility index (Phi) is 6.64. The first-order chi connectivity index (χ1) is 15.1. The lowest BCUT2D eigenvalue weighted by Crippen LogP contribution is -2.22. The molecule has 0 amide bonds. The van der Waals surface area contributed by atoms with Crippen LogP contribution in [0.15, 0.2) is 91.5 Å². The molecule has 0 aromatic heterocycles. The van der Waals surface area contributed by atoms with Crippen LogP contribution in [0.5, 0.6) is 0 Å². The molecule has 0 aliphatic heterocycles. The minimum atomic E-state index is -0.180. The second-order valence-electron chi connectivity index (χ2n) is 6.89. The van der Waals surface area contributed by atoms with Gasteiger partial charge in [0.2, 0.25) is 0 Å². The van der Waals surface area contributed by atoms with Gasteiger partial charge >= 0.3 is 0 Å². The number of allylic oxidation sites excluding steroid dienone is 2. The summed E-state index contributed by atoms with van der Waals surface area (Å²) in [4.78, 5) is 2.18. The maximum Gasteiger partial charge on any atom is 0.148 e. The van der Waals surface area contributed by atoms with Gasteiger partial charge in [0.25, 0.3) is 0 Å². The van der Waals surface area contributed by atoms with E-state index in [0.29, 0.717) is 5.56 Å². The second-order valence-corrected chi connectivity index (χ2v) is 6.89. The molecule has 0 bridgehead atoms. The van der Waals surface area contributed by atoms with Gasteiger partial charge in [-0.15, -0.1) is 13.2 Å². The lowest BCUT2D eigenvalue weighted by Gasteiger charge is -2.21. The van der Waals surface area contributed by atoms with Gasteiger partial charge in [-0.3, -0.25) is 0 Å². The SMILES string of the molecule is C=CCN(CC=C)c1ccc(-c2ccc3cc(C(C#N)=C(C#N)C#N)ccc3c2)cc1. The molecule has 0 fully saturated rings. The maximum atomic E-state index is 9.38. The number of rotatable bonds is 7. The first-order valence-corrected chi connectivity index (χ1v) is 9.71. The van der Waals surface area contributed by atoms with Crippen LogP contribution >= 0.6 is 0 Å². The van der Waals surface area contributed by atoms with Gasteiger partial charge in [-0.25, -0.2) is 0 Å². The summed E-state index contributed by atoms with van der Waals surface area (Å²) >= 11 is 0. The molecule has 148 valence electrons. The third-order valence-corrected chi connectivity index (χ3v) is 4.98. The van der Waals surface area contributed by atoms with Crippen molar-refractivity contribution in [3.63, 3.8) is 0 Å². The van der Waals surface area contributed by atoms with Crippen LogP contribution in [0.25, 0.3) is 27.5 Å². The molecule has 0 saturated carbocycles. The van der Waals surface area contributed by atoms with E-state index < -0.39 is 0 Å². The van der Waals surface area contributed by atoms with Crippen molar-refractivity contribution in [3.05, 3.63) is 97.1 Å². The Labute approximate surface area is 182 Å². The first-order valence-electron chi connectivity index (χ1n) is 9.71. The van der Waals surface area contributed by atoms with E-state index in [9.17, 15) is 5.26 Å². The molecule has 0 N–H and O–H groups in total. The zero-order valence-corrected chi connectivity index (χ0v) is 17.0. The second kappa shape index (κ2) is 9.75. The zero-order valence-electron chi connectivity index (χ0n) is 17.0. The molecule has 0 radical (unpaired) electrons. The number of nitriles is 3. The van der Waals surface area contributed by atoms with Crippen molar-refractivity contribution in [2.45, 2.75) is 0 Å². The van der Waals surface area contributed by atoms with Gasteiger partial charge in [0.15, 0.2) is 0 Å². The summed E-state index contributed by atoms with van der Waals surface area (Å²) in [6, 6.07) is 25.5. The summed E-state index contributed by atoms with van der Waals surface area (Å²) in [6.45, 7) is 9.14. The van der Waals surface area contributed by atoms with Gasteiger partial charge in [-0.05, 0) is 51.7 Å². The number of fused-ring (bicyclic) bond motifs is 1. The molecule has 4 heteroatoms. The predicted molar refractivity (Wildman–Crippen MR) is 126 cm³/mol. The monoisotopic (exact) mass is 400 g/mol. The molecule has 0 spiro atoms. The Morgan fingerprint density at radius 1 is 0.742 bits per heavy atom. The highest BCUT2D eigenvalue weighted by atomic mass is 15.1. The third kappa shape index (κ3) is 4.54. The molecule has 0 unspecified atom stereocenters. The topological polar surface area (TPSA) is 74.6 Å². The van der Waals surface area contributed by atoms with Crippen LogP contribution in [-0.4, -0.2) is 13.1 Å². The molecular weight excluding hydrogens is 380 g/mol. The minimum Gasteiger partial charge on any atom is -0.364 e. The van der Waals surface area contributed by atoms with Gasteiger partial charge in [-0.2, -0.15) is 15.8 Å². The fraction of sp³-hybridized carbons (Fsp3) is 0.0741. The summed E-state index contributed by atoms with van der Waals surface area (Å²) in [6.07, 6.45) is 3.75. The molecule has 0 atom stereocenters. The van der Waals surface area contributed by atoms with Crippen molar-refractivity contribution in [1.29, 1.82) is 15.8 Å². The lowest BCUT2D eigenvalue weighted by molar-refractivity contribution is 0.957. The standard InChI is InChI=1S/C27H20N4/c1-3-13-31(14-4-2)26-11-9-20(10-12-26)21-5-6-23-16-24(8-7-22(23)15-21)27(19-30)25(17-28)18-29/h3-12,15-16H,1-2,13-14H2. The maximum absolute atomic E-state index is 9.38. The van der Waals surface area contributed by atoms with Crippen LogP contribution in [-0.2, 0) is 0 Å². The molecule has 0 aliphatic carbocycles. The molecule has 31 heavy (non-hydrogen) atoms. The van der Waals surface area contributed by atoms with Crippen LogP contribution in [0.3, 0.4) is 0 Å². The van der Waals surface area contributed by atoms with Gasteiger partial charge < -0.3 is 4.90 Å². The number of anilines is 1. The summed E-state index contributed by atoms with van der Waals surface area (Å²) in [5.41, 5.74) is 3.76. The van der Waals surface area contributed by atoms with Crippen molar-refractivity contribution < 1.29 is 0 Å². The Morgan fingerprint density at radius 2 is 1.32 bits per heavy atom. The van der Waals surface area contributed by atoms with E-state index in [4.69, 9.17) is 10.5 Å². The first kappa shape index (κ1) is 21.1. The molecule has 3 aromatic rings. The molecule has 0 heterocycles. The zero-order chi connectivity index (χ0) is 22.2. The molecule has 4 nitrogen and oxygen atoms in total. The normalized spacial score (nSPS) is 9.71. The van der Waals surface area contributed by atoms with Crippen molar-refractivity contribution in [2.24, 2.45) is 0 Å². The summed E-state index contributed by atoms with van der Waals surface area (Å²) in [7, 11) is 0. The molecule has 0 aliphatic rings. The fourth-order valence-corrected chi connectivity index (χ4v) is 3.44. The van der Waals surface area contributed by atoms with E-state index in [0.717, 1.165) is 40.7 Å². The van der Waals surface area contributed by atoms with Crippen molar-refractivity contribution in [1.82, 2.24) is 0 Å². The highest BCUT2D eigenvalue weighted by molar-refractivity contribution is 5.93. The van der Waals surface area contributed by atoms with E-state index >= 15 is 0 Å². The lowest BCUT2D eigenvalue weighted by atomic mass is 9.96. The predicted octanol–water partition coefficient (Wildman–Crippen LogP) is 6.01. The van der Waals surface area contributed by atoms with Crippen molar-refractivity contribution >= 4 is 22.0 Å². The Morgan fingerprint density at radius 3 is 1.90 bits per heavy atom.